The van der Waals surface area contributed by atoms with Crippen LogP contribution < -0.4 is 10.2 Å². The number of hydrogen-bond donors (Lipinski definition) is 1. The Kier molecular flexibility index (Phi) is 4.15. The van der Waals surface area contributed by atoms with Crippen LogP contribution in [0.3, 0.4) is 0 Å². The molecule has 0 saturated carbocycles. The molecule has 18 heavy (non-hydrogen) atoms. The molecule has 0 aliphatic carbocycles. The lowest BCUT2D eigenvalue weighted by Crippen LogP contribution is -2.55. The van der Waals surface area contributed by atoms with E-state index in [1.807, 2.05) is 26.0 Å². The van der Waals surface area contributed by atoms with Crippen LogP contribution in [-0.4, -0.2) is 43.2 Å². The molecule has 98 valence electrons. The number of nitrogens with one attached hydrogen (secondary N) is 1. The zero-order chi connectivity index (χ0) is 13.0. The third-order valence-corrected chi connectivity index (χ3v) is 3.01. The average Bonchev–Trinajstić information content (AvgIpc) is 2.39. The summed E-state index contributed by atoms with van der Waals surface area (Å²) < 4.78 is 5.13. The van der Waals surface area contributed by atoms with E-state index < -0.39 is 0 Å². The number of esters is 1. The summed E-state index contributed by atoms with van der Waals surface area (Å²) in [7, 11) is 0. The predicted octanol–water partition coefficient (Wildman–Crippen LogP) is 0.731. The fourth-order valence-corrected chi connectivity index (χ4v) is 2.17. The number of rotatable bonds is 3. The van der Waals surface area contributed by atoms with Crippen LogP contribution in [0.5, 0.6) is 0 Å². The van der Waals surface area contributed by atoms with Gasteiger partial charge in [-0.1, -0.05) is 0 Å². The molecular weight excluding hydrogens is 230 g/mol. The smallest absolute Gasteiger partial charge is 0.330 e. The minimum absolute atomic E-state index is 0.167. The molecule has 1 unspecified atom stereocenters. The summed E-state index contributed by atoms with van der Waals surface area (Å²) in [4.78, 5) is 18.2. The second kappa shape index (κ2) is 5.82. The number of piperazine rings is 1. The van der Waals surface area contributed by atoms with Gasteiger partial charge in [0.1, 0.15) is 6.04 Å². The summed E-state index contributed by atoms with van der Waals surface area (Å²) in [5.74, 6) is -0.167. The molecule has 1 aliphatic rings. The van der Waals surface area contributed by atoms with Crippen LogP contribution in [0.25, 0.3) is 0 Å². The van der Waals surface area contributed by atoms with Crippen molar-refractivity contribution in [2.45, 2.75) is 19.9 Å². The molecule has 0 bridgehead atoms. The fraction of sp³-hybridized carbons (Fsp3) is 0.538. The van der Waals surface area contributed by atoms with E-state index in [-0.39, 0.29) is 12.0 Å². The summed E-state index contributed by atoms with van der Waals surface area (Å²) in [6, 6.07) is 3.68. The monoisotopic (exact) mass is 249 g/mol. The average molecular weight is 249 g/mol. The van der Waals surface area contributed by atoms with E-state index in [2.05, 4.69) is 15.2 Å². The number of aryl methyl sites for hydroxylation is 1. The topological polar surface area (TPSA) is 54.5 Å². The highest BCUT2D eigenvalue weighted by molar-refractivity contribution is 5.80. The van der Waals surface area contributed by atoms with Crippen molar-refractivity contribution in [2.75, 3.05) is 31.1 Å². The second-order valence-corrected chi connectivity index (χ2v) is 4.32. The Balaban J connectivity index is 2.20. The van der Waals surface area contributed by atoms with Gasteiger partial charge < -0.3 is 15.0 Å². The number of hydrogen-bond acceptors (Lipinski definition) is 5. The van der Waals surface area contributed by atoms with E-state index in [1.54, 1.807) is 6.20 Å². The number of anilines is 1. The largest absolute Gasteiger partial charge is 0.464 e. The first-order valence-corrected chi connectivity index (χ1v) is 6.29. The highest BCUT2D eigenvalue weighted by Gasteiger charge is 2.29. The SMILES string of the molecule is CCOC(=O)C1CNCCN1c1ccnc(C)c1. The second-order valence-electron chi connectivity index (χ2n) is 4.32. The third-order valence-electron chi connectivity index (χ3n) is 3.01. The van der Waals surface area contributed by atoms with Crippen molar-refractivity contribution in [2.24, 2.45) is 0 Å². The Morgan fingerprint density at radius 1 is 1.67 bits per heavy atom. The van der Waals surface area contributed by atoms with E-state index in [0.29, 0.717) is 13.2 Å². The van der Waals surface area contributed by atoms with Gasteiger partial charge in [0, 0.05) is 37.2 Å². The maximum Gasteiger partial charge on any atom is 0.330 e. The Labute approximate surface area is 107 Å². The van der Waals surface area contributed by atoms with Gasteiger partial charge in [0.2, 0.25) is 0 Å². The molecule has 0 amide bonds. The summed E-state index contributed by atoms with van der Waals surface area (Å²) in [5.41, 5.74) is 1.98. The van der Waals surface area contributed by atoms with E-state index in [1.165, 1.54) is 0 Å². The molecule has 2 rings (SSSR count). The minimum Gasteiger partial charge on any atom is -0.464 e. The van der Waals surface area contributed by atoms with Crippen molar-refractivity contribution < 1.29 is 9.53 Å². The molecule has 5 nitrogen and oxygen atoms in total. The Bertz CT molecular complexity index is 422. The fourth-order valence-electron chi connectivity index (χ4n) is 2.17. The lowest BCUT2D eigenvalue weighted by Gasteiger charge is -2.36. The van der Waals surface area contributed by atoms with Gasteiger partial charge in [0.15, 0.2) is 0 Å². The van der Waals surface area contributed by atoms with Gasteiger partial charge >= 0.3 is 5.97 Å². The van der Waals surface area contributed by atoms with Gasteiger partial charge in [-0.05, 0) is 26.0 Å². The van der Waals surface area contributed by atoms with Crippen molar-refractivity contribution in [3.05, 3.63) is 24.0 Å². The molecular formula is C13H19N3O2. The van der Waals surface area contributed by atoms with E-state index in [0.717, 1.165) is 24.5 Å². The van der Waals surface area contributed by atoms with Gasteiger partial charge in [-0.3, -0.25) is 4.98 Å². The molecule has 1 atom stereocenters. The lowest BCUT2D eigenvalue weighted by atomic mass is 10.1. The molecule has 1 aromatic heterocycles. The quantitative estimate of drug-likeness (QED) is 0.800. The summed E-state index contributed by atoms with van der Waals surface area (Å²) in [6.07, 6.45) is 1.77. The molecule has 0 spiro atoms. The maximum absolute atomic E-state index is 11.9. The molecule has 0 aromatic carbocycles. The molecule has 1 saturated heterocycles. The van der Waals surface area contributed by atoms with E-state index >= 15 is 0 Å². The molecule has 5 heteroatoms. The van der Waals surface area contributed by atoms with Crippen molar-refractivity contribution in [1.82, 2.24) is 10.3 Å². The van der Waals surface area contributed by atoms with Crippen LogP contribution in [0, 0.1) is 6.92 Å². The van der Waals surface area contributed by atoms with Gasteiger partial charge in [-0.25, -0.2) is 4.79 Å². The van der Waals surface area contributed by atoms with Crippen LogP contribution >= 0.6 is 0 Å². The first-order chi connectivity index (χ1) is 8.72. The van der Waals surface area contributed by atoms with Crippen molar-refractivity contribution >= 4 is 11.7 Å². The van der Waals surface area contributed by atoms with Crippen LogP contribution in [0.1, 0.15) is 12.6 Å². The van der Waals surface area contributed by atoms with Gasteiger partial charge in [0.25, 0.3) is 0 Å². The predicted molar refractivity (Wildman–Crippen MR) is 69.6 cm³/mol. The van der Waals surface area contributed by atoms with Crippen LogP contribution in [0.15, 0.2) is 18.3 Å². The Hall–Kier alpha value is -1.62. The number of ether oxygens (including phenoxy) is 1. The molecule has 1 aromatic rings. The van der Waals surface area contributed by atoms with Crippen LogP contribution in [-0.2, 0) is 9.53 Å². The zero-order valence-corrected chi connectivity index (χ0v) is 10.8. The maximum atomic E-state index is 11.9. The Morgan fingerprint density at radius 3 is 3.22 bits per heavy atom. The minimum atomic E-state index is -0.250. The summed E-state index contributed by atoms with van der Waals surface area (Å²) >= 11 is 0. The van der Waals surface area contributed by atoms with Crippen molar-refractivity contribution in [3.8, 4) is 0 Å². The molecule has 1 N–H and O–H groups in total. The van der Waals surface area contributed by atoms with Gasteiger partial charge in [-0.2, -0.15) is 0 Å². The van der Waals surface area contributed by atoms with Crippen molar-refractivity contribution in [3.63, 3.8) is 0 Å². The summed E-state index contributed by atoms with van der Waals surface area (Å²) in [5, 5.41) is 3.23. The van der Waals surface area contributed by atoms with Gasteiger partial charge in [0.05, 0.1) is 6.61 Å². The number of aromatic nitrogens is 1. The molecule has 1 aliphatic heterocycles. The molecule has 1 fully saturated rings. The number of nitrogens with zero attached hydrogens (tertiary/aromatic N) is 2. The highest BCUT2D eigenvalue weighted by atomic mass is 16.5. The van der Waals surface area contributed by atoms with Crippen LogP contribution in [0.4, 0.5) is 5.69 Å². The normalized spacial score (nSPS) is 19.7. The van der Waals surface area contributed by atoms with Gasteiger partial charge in [-0.15, -0.1) is 0 Å². The number of carbonyl (C=O) groups excluding carboxylic acids is 1. The van der Waals surface area contributed by atoms with Crippen LogP contribution in [0.2, 0.25) is 0 Å². The number of pyridine rings is 1. The molecule has 0 radical (unpaired) electrons. The number of carbonyl (C=O) groups is 1. The first kappa shape index (κ1) is 12.8. The standard InChI is InChI=1S/C13H19N3O2/c1-3-18-13(17)12-9-14-6-7-16(12)11-4-5-15-10(2)8-11/h4-5,8,12,14H,3,6-7,9H2,1-2H3. The third kappa shape index (κ3) is 2.79. The Morgan fingerprint density at radius 2 is 2.50 bits per heavy atom. The highest BCUT2D eigenvalue weighted by Crippen LogP contribution is 2.19. The lowest BCUT2D eigenvalue weighted by molar-refractivity contribution is -0.144. The summed E-state index contributed by atoms with van der Waals surface area (Å²) in [6.45, 7) is 6.49. The zero-order valence-electron chi connectivity index (χ0n) is 10.8. The van der Waals surface area contributed by atoms with E-state index in [9.17, 15) is 4.79 Å². The van der Waals surface area contributed by atoms with Crippen molar-refractivity contribution in [1.29, 1.82) is 0 Å². The molecule has 2 heterocycles. The first-order valence-electron chi connectivity index (χ1n) is 6.29. The van der Waals surface area contributed by atoms with E-state index in [4.69, 9.17) is 4.74 Å².